The zero-order chi connectivity index (χ0) is 84.8. The number of likely N-dealkylation sites (N-methyl/N-ethyl adjacent to an activating group) is 2. The van der Waals surface area contributed by atoms with Crippen molar-refractivity contribution >= 4 is 147 Å². The normalized spacial score (nSPS) is 15.3. The molecular formula is C54H96F2I2N4O40P4-2. The average molecular weight is 1860 g/mol. The number of alkyl halides is 2. The summed E-state index contributed by atoms with van der Waals surface area (Å²) in [4.78, 5) is 188. The van der Waals surface area contributed by atoms with Gasteiger partial charge in [-0.1, -0.05) is 27.0 Å². The van der Waals surface area contributed by atoms with E-state index in [1.165, 1.54) is 23.7 Å². The van der Waals surface area contributed by atoms with E-state index in [4.69, 9.17) is 40.6 Å². The van der Waals surface area contributed by atoms with Crippen LogP contribution in [0, 0.1) is 11.8 Å². The van der Waals surface area contributed by atoms with Crippen LogP contribution in [0.5, 0.6) is 0 Å². The Hall–Kier alpha value is -5.28. The van der Waals surface area contributed by atoms with Crippen LogP contribution in [0.4, 0.5) is 24.9 Å². The van der Waals surface area contributed by atoms with Crippen molar-refractivity contribution in [2.24, 2.45) is 23.3 Å². The SMILES string of the molecule is C=CC(=O)OC(=O)OC(COC(C)=O)COP(=O)([O-])OCCN.C=CC(=O)OC(=O)OC(COC(C)=O)COP(=O)([O-])OCC[N+](C)(C)C.CCC(CC(C)C(=O)OC(=O)OC(COC(C)=O)COP(=O)([O-])OCC[N+](C)(C)C)C(=O)OC(=O)OC(COC(C)=O)COP(=O)([O-])OCCN.[3H]I(C)F.[3H]I(C)F. The maximum absolute atomic E-state index is 12.7. The second kappa shape index (κ2) is 60.5. The Balaban J connectivity index is -0.000000515. The van der Waals surface area contributed by atoms with Crippen LogP contribution in [0.1, 0.15) is 54.4 Å². The van der Waals surface area contributed by atoms with Gasteiger partial charge < -0.3 is 133 Å². The van der Waals surface area contributed by atoms with Crippen molar-refractivity contribution in [2.75, 3.05) is 158 Å². The van der Waals surface area contributed by atoms with Crippen molar-refractivity contribution in [3.05, 3.63) is 25.3 Å². The molecule has 0 amide bonds. The Bertz CT molecular complexity index is 2990. The van der Waals surface area contributed by atoms with E-state index in [9.17, 15) is 101 Å². The van der Waals surface area contributed by atoms with Crippen LogP contribution in [-0.4, -0.2) is 265 Å². The van der Waals surface area contributed by atoms with Gasteiger partial charge in [0, 0.05) is 52.9 Å². The molecular weight excluding hydrogens is 1760 g/mol. The fourth-order valence-electron chi connectivity index (χ4n) is 5.52. The van der Waals surface area contributed by atoms with Crippen molar-refractivity contribution in [1.82, 2.24) is 0 Å². The molecule has 0 aromatic carbocycles. The zero-order valence-electron chi connectivity index (χ0n) is 62.4. The minimum absolute atomic E-state index is 0.0138. The van der Waals surface area contributed by atoms with Crippen LogP contribution in [0.25, 0.3) is 0 Å². The number of ether oxygens (including phenoxy) is 12. The van der Waals surface area contributed by atoms with E-state index in [1.54, 1.807) is 21.1 Å². The molecule has 0 aliphatic carbocycles. The fourth-order valence-corrected chi connectivity index (χ4v) is 8.49. The van der Waals surface area contributed by atoms with Gasteiger partial charge in [-0.15, -0.1) is 0 Å². The monoisotopic (exact) mass is 1860 g/mol. The van der Waals surface area contributed by atoms with Crippen molar-refractivity contribution in [2.45, 2.75) is 78.8 Å². The number of esters is 8. The summed E-state index contributed by atoms with van der Waals surface area (Å²) in [5.74, 6) is -9.87. The number of nitrogens with two attached hydrogens (primary N) is 2. The van der Waals surface area contributed by atoms with Crippen LogP contribution in [0.3, 0.4) is 0 Å². The first kappa shape index (κ1) is 105. The van der Waals surface area contributed by atoms with Crippen LogP contribution in [-0.2, 0) is 150 Å². The third-order valence-electron chi connectivity index (χ3n) is 10.3. The molecule has 0 aliphatic rings. The number of halogens is 4. The second-order valence-corrected chi connectivity index (χ2v) is 29.0. The van der Waals surface area contributed by atoms with E-state index in [-0.39, 0.29) is 45.8 Å². The molecule has 0 heterocycles. The van der Waals surface area contributed by atoms with Crippen LogP contribution < -0.4 is 31.0 Å². The summed E-state index contributed by atoms with van der Waals surface area (Å²) < 4.78 is 173. The molecule has 4 N–H and O–H groups in total. The number of carbonyl (C=O) groups excluding carboxylic acids is 12. The number of phosphoric acid groups is 4. The van der Waals surface area contributed by atoms with Crippen LogP contribution in [0.2, 0.25) is 0 Å². The van der Waals surface area contributed by atoms with E-state index in [0.717, 1.165) is 33.8 Å². The Labute approximate surface area is 633 Å². The van der Waals surface area contributed by atoms with Gasteiger partial charge in [-0.25, -0.2) is 28.8 Å². The van der Waals surface area contributed by atoms with Gasteiger partial charge in [0.05, 0.1) is 93.8 Å². The van der Waals surface area contributed by atoms with Crippen LogP contribution >= 0.6 is 74.5 Å². The number of phosphoric ester groups is 4. The van der Waals surface area contributed by atoms with Crippen molar-refractivity contribution in [1.29, 1.82) is 1.19 Å². The van der Waals surface area contributed by atoms with E-state index in [0.29, 0.717) is 28.1 Å². The number of rotatable bonds is 45. The van der Waals surface area contributed by atoms with Gasteiger partial charge in [0.2, 0.25) is 0 Å². The number of hydrogen-bond donors (Lipinski definition) is 2. The standard InChI is InChI=1S/C27H48N2O20P2.C14H24NO10P.C11H18NO10P.2CH4FI/c1-8-21(25(33)49-27(35)47-23(15-41-20(4)31)16-44-50(36,37)42-11-9-28)13-18(2)24(32)48-26(34)46-22(14-40-19(3)30)17-45-51(38,39)43-12-10-29(5,6)7;1-6-13(17)25-14(18)24-12(9-21-11(2)16)10-23-26(19,20)22-8-7-15(3,4)5;1-3-10(14)22-11(15)21-9(6-18-8(2)13)7-20-23(16,17)19-5-4-12;2*1-3-2/h18,21-23H,8-17,28H2,1-7H3,(H-,36,37,38,39);6,12H,1,7-10H2,2-5H3;3,9H,1,4-7,12H2,2H3,(H,16,17);2*3H,1H3/p-2/i;;;2*3T. The molecule has 0 bridgehead atoms. The van der Waals surface area contributed by atoms with Gasteiger partial charge in [-0.3, -0.25) is 47.0 Å². The predicted octanol–water partition coefficient (Wildman–Crippen LogP) is 1.57. The Morgan fingerprint density at radius 3 is 0.906 bits per heavy atom. The molecule has 106 heavy (non-hydrogen) atoms. The molecule has 0 spiro atoms. The number of quaternary nitrogens is 2. The summed E-state index contributed by atoms with van der Waals surface area (Å²) in [5.41, 5.74) is 10.2. The summed E-state index contributed by atoms with van der Waals surface area (Å²) >= 11 is -5.03. The van der Waals surface area contributed by atoms with Crippen molar-refractivity contribution < 1.29 is 203 Å². The first-order valence-electron chi connectivity index (χ1n) is 30.7. The van der Waals surface area contributed by atoms with E-state index in [2.05, 4.69) is 78.2 Å². The summed E-state index contributed by atoms with van der Waals surface area (Å²) in [5, 5.41) is 0. The van der Waals surface area contributed by atoms with Gasteiger partial charge in [0.15, 0.2) is 24.4 Å². The van der Waals surface area contributed by atoms with Gasteiger partial charge >= 0.3 is 132 Å². The molecule has 0 fully saturated rings. The molecule has 10 atom stereocenters. The molecule has 0 saturated heterocycles. The number of hydrogen-bond acceptors (Lipinski definition) is 42. The van der Waals surface area contributed by atoms with Gasteiger partial charge in [-0.2, -0.15) is 0 Å². The van der Waals surface area contributed by atoms with Crippen LogP contribution in [0.15, 0.2) is 25.3 Å². The first-order chi connectivity index (χ1) is 49.5. The second-order valence-electron chi connectivity index (χ2n) is 21.7. The Kier molecular flexibility index (Phi) is 59.9. The zero-order valence-corrected chi connectivity index (χ0v) is 68.3. The molecule has 0 aliphatic heterocycles. The molecule has 0 saturated carbocycles. The van der Waals surface area contributed by atoms with Gasteiger partial charge in [0.25, 0.3) is 31.3 Å². The number of carbonyl (C=O) groups is 12. The molecule has 0 radical (unpaired) electrons. The number of nitrogens with zero attached hydrogens (tertiary/aromatic N) is 2. The quantitative estimate of drug-likeness (QED) is 0.0128. The molecule has 622 valence electrons. The summed E-state index contributed by atoms with van der Waals surface area (Å²) in [7, 11) is -8.15. The molecule has 44 nitrogen and oxygen atoms in total. The third-order valence-corrected chi connectivity index (χ3v) is 14.2. The molecule has 0 rings (SSSR count). The Morgan fingerprint density at radius 2 is 0.689 bits per heavy atom. The van der Waals surface area contributed by atoms with E-state index in [1.807, 2.05) is 21.1 Å². The predicted molar refractivity (Wildman–Crippen MR) is 367 cm³/mol. The van der Waals surface area contributed by atoms with Gasteiger partial charge in [0.1, 0.15) is 52.7 Å². The maximum atomic E-state index is 12.7. The Morgan fingerprint density at radius 1 is 0.453 bits per heavy atom. The van der Waals surface area contributed by atoms with E-state index >= 15 is 0 Å². The summed E-state index contributed by atoms with van der Waals surface area (Å²) in [6.45, 7) is 7.12. The first-order valence-corrected chi connectivity index (χ1v) is 41.8. The minimum atomic E-state index is -4.87. The van der Waals surface area contributed by atoms with E-state index < -0.39 is 243 Å². The topological polar surface area (TPSA) is 602 Å². The fraction of sp³-hybridized carbons (Fsp3) is 0.704. The molecule has 10 unspecified atom stereocenters. The van der Waals surface area contributed by atoms with Crippen molar-refractivity contribution in [3.63, 3.8) is 0 Å². The summed E-state index contributed by atoms with van der Waals surface area (Å²) in [6.07, 6.45) is -10.8. The summed E-state index contributed by atoms with van der Waals surface area (Å²) in [6, 6.07) is 0. The van der Waals surface area contributed by atoms with Gasteiger partial charge in [-0.05, 0) is 12.8 Å². The molecule has 0 aromatic heterocycles. The molecule has 0 aromatic rings. The van der Waals surface area contributed by atoms with Crippen molar-refractivity contribution in [3.8, 4) is 0 Å². The third kappa shape index (κ3) is 71.6. The molecule has 52 heteroatoms. The average Bonchev–Trinajstić information content (AvgIpc) is 0.902.